The first kappa shape index (κ1) is 19.7. The zero-order valence-electron chi connectivity index (χ0n) is 16.3. The van der Waals surface area contributed by atoms with Crippen molar-refractivity contribution < 1.29 is 14.3 Å². The summed E-state index contributed by atoms with van der Waals surface area (Å²) in [5, 5.41) is 1.71. The summed E-state index contributed by atoms with van der Waals surface area (Å²) < 4.78 is 5.95. The molecule has 1 aliphatic rings. The van der Waals surface area contributed by atoms with Crippen molar-refractivity contribution >= 4 is 35.2 Å². The molecule has 5 nitrogen and oxygen atoms in total. The van der Waals surface area contributed by atoms with Crippen LogP contribution in [-0.2, 0) is 16.2 Å². The summed E-state index contributed by atoms with van der Waals surface area (Å²) in [7, 11) is 0. The first-order valence-corrected chi connectivity index (χ1v) is 9.79. The molecule has 1 N–H and O–H groups in total. The van der Waals surface area contributed by atoms with Crippen LogP contribution in [0.15, 0.2) is 78.4 Å². The maximum absolute atomic E-state index is 12.8. The van der Waals surface area contributed by atoms with E-state index in [-0.39, 0.29) is 5.57 Å². The second-order valence-corrected chi connectivity index (χ2v) is 7.37. The molecular weight excluding hydrogens is 400 g/mol. The van der Waals surface area contributed by atoms with Gasteiger partial charge in [0.25, 0.3) is 11.8 Å². The lowest BCUT2D eigenvalue weighted by Gasteiger charge is -2.14. The number of halogens is 1. The van der Waals surface area contributed by atoms with Crippen LogP contribution in [0.1, 0.15) is 16.7 Å². The smallest absolute Gasteiger partial charge is 0.282 e. The summed E-state index contributed by atoms with van der Waals surface area (Å²) in [4.78, 5) is 25.3. The van der Waals surface area contributed by atoms with Gasteiger partial charge in [0, 0.05) is 10.6 Å². The van der Waals surface area contributed by atoms with Gasteiger partial charge in [-0.3, -0.25) is 15.0 Å². The molecule has 1 fully saturated rings. The van der Waals surface area contributed by atoms with Crippen LogP contribution in [0.25, 0.3) is 6.08 Å². The van der Waals surface area contributed by atoms with E-state index in [2.05, 4.69) is 5.43 Å². The van der Waals surface area contributed by atoms with Crippen LogP contribution in [0.3, 0.4) is 0 Å². The molecule has 3 aromatic carbocycles. The minimum Gasteiger partial charge on any atom is -0.488 e. The molecule has 1 heterocycles. The largest absolute Gasteiger partial charge is 0.488 e. The SMILES string of the molecule is Cc1ccc(COc2ccc(Cl)cc2/C=C2/C(=O)NN(c3ccccc3)C2=O)cc1. The van der Waals surface area contributed by atoms with E-state index in [9.17, 15) is 9.59 Å². The molecule has 3 aromatic rings. The molecule has 0 aromatic heterocycles. The molecule has 4 rings (SSSR count). The van der Waals surface area contributed by atoms with Gasteiger partial charge >= 0.3 is 0 Å². The molecular formula is C24H19ClN2O3. The average molecular weight is 419 g/mol. The molecule has 0 aliphatic carbocycles. The number of hydrogen-bond acceptors (Lipinski definition) is 3. The molecule has 0 saturated carbocycles. The van der Waals surface area contributed by atoms with E-state index in [0.29, 0.717) is 28.6 Å². The Morgan fingerprint density at radius 1 is 1.00 bits per heavy atom. The van der Waals surface area contributed by atoms with E-state index in [1.54, 1.807) is 42.5 Å². The van der Waals surface area contributed by atoms with Gasteiger partial charge in [-0.1, -0.05) is 59.6 Å². The number of carbonyl (C=O) groups excluding carboxylic acids is 2. The van der Waals surface area contributed by atoms with Crippen molar-refractivity contribution in [3.05, 3.63) is 100 Å². The van der Waals surface area contributed by atoms with Crippen LogP contribution in [-0.4, -0.2) is 11.8 Å². The van der Waals surface area contributed by atoms with Crippen LogP contribution in [0.2, 0.25) is 5.02 Å². The number of amides is 2. The summed E-state index contributed by atoms with van der Waals surface area (Å²) in [6.07, 6.45) is 1.51. The zero-order valence-corrected chi connectivity index (χ0v) is 17.0. The number of nitrogens with zero attached hydrogens (tertiary/aromatic N) is 1. The van der Waals surface area contributed by atoms with Crippen LogP contribution in [0.4, 0.5) is 5.69 Å². The van der Waals surface area contributed by atoms with Crippen molar-refractivity contribution in [1.29, 1.82) is 0 Å². The normalized spacial score (nSPS) is 14.9. The van der Waals surface area contributed by atoms with Gasteiger partial charge < -0.3 is 4.74 Å². The summed E-state index contributed by atoms with van der Waals surface area (Å²) in [6, 6.07) is 22.1. The maximum Gasteiger partial charge on any atom is 0.282 e. The molecule has 0 radical (unpaired) electrons. The number of hydrazine groups is 1. The molecule has 150 valence electrons. The van der Waals surface area contributed by atoms with E-state index < -0.39 is 11.8 Å². The van der Waals surface area contributed by atoms with Crippen molar-refractivity contribution in [2.24, 2.45) is 0 Å². The third-order valence-corrected chi connectivity index (χ3v) is 4.93. The fraction of sp³-hybridized carbons (Fsp3) is 0.0833. The number of hydrogen-bond donors (Lipinski definition) is 1. The Hall–Kier alpha value is -3.57. The molecule has 0 spiro atoms. The Labute approximate surface area is 179 Å². The lowest BCUT2D eigenvalue weighted by atomic mass is 10.1. The van der Waals surface area contributed by atoms with Crippen LogP contribution < -0.4 is 15.2 Å². The summed E-state index contributed by atoms with van der Waals surface area (Å²) in [5.41, 5.74) is 5.93. The first-order chi connectivity index (χ1) is 14.5. The van der Waals surface area contributed by atoms with Gasteiger partial charge in [0.15, 0.2) is 0 Å². The predicted octanol–water partition coefficient (Wildman–Crippen LogP) is 4.69. The fourth-order valence-corrected chi connectivity index (χ4v) is 3.26. The highest BCUT2D eigenvalue weighted by Gasteiger charge is 2.34. The highest BCUT2D eigenvalue weighted by molar-refractivity contribution is 6.32. The Morgan fingerprint density at radius 3 is 2.47 bits per heavy atom. The number of nitrogens with one attached hydrogen (secondary N) is 1. The lowest BCUT2D eigenvalue weighted by Crippen LogP contribution is -2.35. The monoisotopic (exact) mass is 418 g/mol. The number of rotatable bonds is 5. The third kappa shape index (κ3) is 4.21. The quantitative estimate of drug-likeness (QED) is 0.483. The van der Waals surface area contributed by atoms with Gasteiger partial charge in [0.2, 0.25) is 0 Å². The summed E-state index contributed by atoms with van der Waals surface area (Å²) in [6.45, 7) is 2.38. The van der Waals surface area contributed by atoms with Gasteiger partial charge in [-0.15, -0.1) is 0 Å². The number of aryl methyl sites for hydroxylation is 1. The Kier molecular flexibility index (Phi) is 5.55. The zero-order chi connectivity index (χ0) is 21.1. The van der Waals surface area contributed by atoms with E-state index >= 15 is 0 Å². The second-order valence-electron chi connectivity index (χ2n) is 6.93. The van der Waals surface area contributed by atoms with E-state index in [1.807, 2.05) is 37.3 Å². The standard InChI is InChI=1S/C24H19ClN2O3/c1-16-7-9-17(10-8-16)15-30-22-12-11-19(25)13-18(22)14-21-23(28)26-27(24(21)29)20-5-3-2-4-6-20/h2-14H,15H2,1H3,(H,26,28)/b21-14-. The molecule has 0 bridgehead atoms. The molecule has 1 saturated heterocycles. The molecule has 1 aliphatic heterocycles. The van der Waals surface area contributed by atoms with Gasteiger partial charge in [-0.05, 0) is 48.9 Å². The van der Waals surface area contributed by atoms with E-state index in [0.717, 1.165) is 5.56 Å². The highest BCUT2D eigenvalue weighted by Crippen LogP contribution is 2.28. The van der Waals surface area contributed by atoms with Crippen molar-refractivity contribution in [1.82, 2.24) is 5.43 Å². The number of benzene rings is 3. The Morgan fingerprint density at radius 2 is 1.73 bits per heavy atom. The maximum atomic E-state index is 12.8. The molecule has 2 amide bonds. The van der Waals surface area contributed by atoms with Crippen molar-refractivity contribution in [2.75, 3.05) is 5.01 Å². The number of anilines is 1. The van der Waals surface area contributed by atoms with E-state index in [1.165, 1.54) is 16.6 Å². The number of ether oxygens (including phenoxy) is 1. The molecule has 6 heteroatoms. The second kappa shape index (κ2) is 8.43. The van der Waals surface area contributed by atoms with E-state index in [4.69, 9.17) is 16.3 Å². The van der Waals surface area contributed by atoms with Crippen LogP contribution >= 0.6 is 11.6 Å². The Balaban J connectivity index is 1.61. The summed E-state index contributed by atoms with van der Waals surface area (Å²) >= 11 is 6.15. The molecule has 0 unspecified atom stereocenters. The van der Waals surface area contributed by atoms with Gasteiger partial charge in [-0.2, -0.15) is 0 Å². The Bertz CT molecular complexity index is 1120. The minimum atomic E-state index is -0.478. The van der Waals surface area contributed by atoms with Gasteiger partial charge in [0.05, 0.1) is 5.69 Å². The highest BCUT2D eigenvalue weighted by atomic mass is 35.5. The van der Waals surface area contributed by atoms with Crippen LogP contribution in [0.5, 0.6) is 5.75 Å². The van der Waals surface area contributed by atoms with Crippen molar-refractivity contribution in [3.63, 3.8) is 0 Å². The lowest BCUT2D eigenvalue weighted by molar-refractivity contribution is -0.117. The predicted molar refractivity (Wildman–Crippen MR) is 117 cm³/mol. The first-order valence-electron chi connectivity index (χ1n) is 9.41. The van der Waals surface area contributed by atoms with Gasteiger partial charge in [0.1, 0.15) is 17.9 Å². The van der Waals surface area contributed by atoms with Crippen molar-refractivity contribution in [3.8, 4) is 5.75 Å². The molecule has 0 atom stereocenters. The fourth-order valence-electron chi connectivity index (χ4n) is 3.08. The number of para-hydroxylation sites is 1. The average Bonchev–Trinajstić information content (AvgIpc) is 3.03. The van der Waals surface area contributed by atoms with Crippen molar-refractivity contribution in [2.45, 2.75) is 13.5 Å². The topological polar surface area (TPSA) is 58.6 Å². The molecule has 30 heavy (non-hydrogen) atoms. The minimum absolute atomic E-state index is 0.0151. The van der Waals surface area contributed by atoms with Gasteiger partial charge in [-0.25, -0.2) is 5.01 Å². The summed E-state index contributed by atoms with van der Waals surface area (Å²) in [5.74, 6) is -0.379. The third-order valence-electron chi connectivity index (χ3n) is 4.69. The van der Waals surface area contributed by atoms with Crippen LogP contribution in [0, 0.1) is 6.92 Å². The number of carbonyl (C=O) groups is 2.